The number of carbonyl (C=O) groups is 1. The normalized spacial score (nSPS) is 27.1. The summed E-state index contributed by atoms with van der Waals surface area (Å²) in [4.78, 5) is 13.1. The summed E-state index contributed by atoms with van der Waals surface area (Å²) in [5.41, 5.74) is 0. The molecule has 1 fully saturated rings. The van der Waals surface area contributed by atoms with Crippen LogP contribution in [0.25, 0.3) is 0 Å². The predicted octanol–water partition coefficient (Wildman–Crippen LogP) is 1.33. The first-order valence-electron chi connectivity index (χ1n) is 6.17. The number of carboxylic acids is 1. The third-order valence-corrected chi connectivity index (χ3v) is 3.77. The van der Waals surface area contributed by atoms with Crippen LogP contribution in [0, 0.1) is 5.92 Å². The molecule has 0 aromatic heterocycles. The maximum Gasteiger partial charge on any atom is 0.307 e. The molecule has 2 N–H and O–H groups in total. The molecule has 3 unspecified atom stereocenters. The number of rotatable bonds is 4. The SMILES string of the molecule is CC(C(=O)O)C(C)N1CCCCCC1CO. The van der Waals surface area contributed by atoms with Crippen LogP contribution in [0.1, 0.15) is 39.5 Å². The molecule has 1 heterocycles. The molecule has 0 spiro atoms. The fourth-order valence-electron chi connectivity index (χ4n) is 2.43. The van der Waals surface area contributed by atoms with Gasteiger partial charge in [0.05, 0.1) is 12.5 Å². The number of aliphatic hydroxyl groups excluding tert-OH is 1. The summed E-state index contributed by atoms with van der Waals surface area (Å²) in [5, 5.41) is 18.4. The molecule has 1 rings (SSSR count). The van der Waals surface area contributed by atoms with E-state index >= 15 is 0 Å². The van der Waals surface area contributed by atoms with Gasteiger partial charge in [-0.3, -0.25) is 9.69 Å². The Morgan fingerprint density at radius 3 is 2.62 bits per heavy atom. The van der Waals surface area contributed by atoms with E-state index in [9.17, 15) is 9.90 Å². The Hall–Kier alpha value is -0.610. The van der Waals surface area contributed by atoms with Gasteiger partial charge in [-0.1, -0.05) is 19.8 Å². The van der Waals surface area contributed by atoms with E-state index in [2.05, 4.69) is 4.90 Å². The maximum absolute atomic E-state index is 11.0. The Bertz CT molecular complexity index is 232. The Labute approximate surface area is 97.3 Å². The van der Waals surface area contributed by atoms with E-state index in [0.717, 1.165) is 25.8 Å². The van der Waals surface area contributed by atoms with Crippen LogP contribution in [0.5, 0.6) is 0 Å². The lowest BCUT2D eigenvalue weighted by Gasteiger charge is -2.36. The molecule has 4 heteroatoms. The highest BCUT2D eigenvalue weighted by Gasteiger charge is 2.30. The van der Waals surface area contributed by atoms with Crippen LogP contribution in [-0.2, 0) is 4.79 Å². The maximum atomic E-state index is 11.0. The van der Waals surface area contributed by atoms with Gasteiger partial charge in [-0.15, -0.1) is 0 Å². The van der Waals surface area contributed by atoms with E-state index in [1.54, 1.807) is 6.92 Å². The van der Waals surface area contributed by atoms with E-state index in [0.29, 0.717) is 0 Å². The minimum absolute atomic E-state index is 0.00671. The number of carboxylic acid groups (broad SMARTS) is 1. The smallest absolute Gasteiger partial charge is 0.307 e. The zero-order valence-electron chi connectivity index (χ0n) is 10.2. The first kappa shape index (κ1) is 13.5. The molecule has 94 valence electrons. The van der Waals surface area contributed by atoms with Crippen LogP contribution in [0.15, 0.2) is 0 Å². The van der Waals surface area contributed by atoms with Crippen LogP contribution in [0.4, 0.5) is 0 Å². The molecule has 1 aliphatic heterocycles. The third kappa shape index (κ3) is 3.19. The lowest BCUT2D eigenvalue weighted by atomic mass is 10.00. The van der Waals surface area contributed by atoms with Crippen molar-refractivity contribution in [2.45, 2.75) is 51.6 Å². The van der Waals surface area contributed by atoms with Crippen molar-refractivity contribution in [3.05, 3.63) is 0 Å². The van der Waals surface area contributed by atoms with Crippen molar-refractivity contribution < 1.29 is 15.0 Å². The molecule has 0 aliphatic carbocycles. The Balaban J connectivity index is 2.69. The van der Waals surface area contributed by atoms with Crippen molar-refractivity contribution in [3.8, 4) is 0 Å². The van der Waals surface area contributed by atoms with Crippen LogP contribution in [-0.4, -0.2) is 46.3 Å². The zero-order chi connectivity index (χ0) is 12.1. The first-order chi connectivity index (χ1) is 7.57. The summed E-state index contributed by atoms with van der Waals surface area (Å²) in [7, 11) is 0. The number of likely N-dealkylation sites (tertiary alicyclic amines) is 1. The van der Waals surface area contributed by atoms with Crippen molar-refractivity contribution in [2.75, 3.05) is 13.2 Å². The van der Waals surface area contributed by atoms with Gasteiger partial charge in [0.25, 0.3) is 0 Å². The molecule has 0 saturated carbocycles. The molecule has 0 radical (unpaired) electrons. The topological polar surface area (TPSA) is 60.8 Å². The quantitative estimate of drug-likeness (QED) is 0.763. The number of aliphatic carboxylic acids is 1. The molecule has 0 aromatic carbocycles. The Morgan fingerprint density at radius 2 is 2.06 bits per heavy atom. The molecular formula is C12H23NO3. The van der Waals surface area contributed by atoms with Gasteiger partial charge in [0.15, 0.2) is 0 Å². The summed E-state index contributed by atoms with van der Waals surface area (Å²) in [6.45, 7) is 4.74. The largest absolute Gasteiger partial charge is 0.481 e. The average molecular weight is 229 g/mol. The van der Waals surface area contributed by atoms with Crippen LogP contribution >= 0.6 is 0 Å². The lowest BCUT2D eigenvalue weighted by molar-refractivity contribution is -0.143. The molecule has 16 heavy (non-hydrogen) atoms. The second kappa shape index (κ2) is 6.21. The van der Waals surface area contributed by atoms with Crippen molar-refractivity contribution in [1.82, 2.24) is 4.90 Å². The lowest BCUT2D eigenvalue weighted by Crippen LogP contribution is -2.47. The summed E-state index contributed by atoms with van der Waals surface area (Å²) >= 11 is 0. The van der Waals surface area contributed by atoms with Gasteiger partial charge in [0.2, 0.25) is 0 Å². The molecule has 1 saturated heterocycles. The van der Waals surface area contributed by atoms with Gasteiger partial charge >= 0.3 is 5.97 Å². The first-order valence-corrected chi connectivity index (χ1v) is 6.17. The molecule has 4 nitrogen and oxygen atoms in total. The highest BCUT2D eigenvalue weighted by molar-refractivity contribution is 5.70. The van der Waals surface area contributed by atoms with Crippen LogP contribution < -0.4 is 0 Å². The van der Waals surface area contributed by atoms with E-state index in [1.165, 1.54) is 6.42 Å². The summed E-state index contributed by atoms with van der Waals surface area (Å²) < 4.78 is 0. The van der Waals surface area contributed by atoms with Crippen LogP contribution in [0.3, 0.4) is 0 Å². The van der Waals surface area contributed by atoms with Gasteiger partial charge in [0, 0.05) is 12.1 Å². The zero-order valence-corrected chi connectivity index (χ0v) is 10.2. The van der Waals surface area contributed by atoms with Crippen molar-refractivity contribution >= 4 is 5.97 Å². The van der Waals surface area contributed by atoms with Crippen molar-refractivity contribution in [2.24, 2.45) is 5.92 Å². The number of hydrogen-bond donors (Lipinski definition) is 2. The Kier molecular flexibility index (Phi) is 5.22. The molecule has 0 bridgehead atoms. The second-order valence-electron chi connectivity index (χ2n) is 4.79. The van der Waals surface area contributed by atoms with Gasteiger partial charge in [-0.25, -0.2) is 0 Å². The van der Waals surface area contributed by atoms with E-state index < -0.39 is 5.97 Å². The number of nitrogens with zero attached hydrogens (tertiary/aromatic N) is 1. The van der Waals surface area contributed by atoms with E-state index in [-0.39, 0.29) is 24.6 Å². The summed E-state index contributed by atoms with van der Waals surface area (Å²) in [5.74, 6) is -1.14. The molecule has 3 atom stereocenters. The fourth-order valence-corrected chi connectivity index (χ4v) is 2.43. The van der Waals surface area contributed by atoms with Gasteiger partial charge < -0.3 is 10.2 Å². The van der Waals surface area contributed by atoms with Crippen molar-refractivity contribution in [3.63, 3.8) is 0 Å². The molecule has 0 aromatic rings. The molecular weight excluding hydrogens is 206 g/mol. The van der Waals surface area contributed by atoms with Gasteiger partial charge in [-0.05, 0) is 26.3 Å². The second-order valence-corrected chi connectivity index (χ2v) is 4.79. The van der Waals surface area contributed by atoms with E-state index in [1.807, 2.05) is 6.92 Å². The van der Waals surface area contributed by atoms with E-state index in [4.69, 9.17) is 5.11 Å². The van der Waals surface area contributed by atoms with Crippen LogP contribution in [0.2, 0.25) is 0 Å². The third-order valence-electron chi connectivity index (χ3n) is 3.77. The van der Waals surface area contributed by atoms with Gasteiger partial charge in [0.1, 0.15) is 0 Å². The minimum Gasteiger partial charge on any atom is -0.481 e. The summed E-state index contributed by atoms with van der Waals surface area (Å²) in [6, 6.07) is 0.132. The minimum atomic E-state index is -0.756. The number of aliphatic hydroxyl groups is 1. The molecule has 0 amide bonds. The average Bonchev–Trinajstić information content (AvgIpc) is 2.51. The highest BCUT2D eigenvalue weighted by atomic mass is 16.4. The molecule has 1 aliphatic rings. The summed E-state index contributed by atoms with van der Waals surface area (Å²) in [6.07, 6.45) is 4.40. The standard InChI is InChI=1S/C12H23NO3/c1-9(12(15)16)10(2)13-7-5-3-4-6-11(13)8-14/h9-11,14H,3-8H2,1-2H3,(H,15,16). The Morgan fingerprint density at radius 1 is 1.38 bits per heavy atom. The fraction of sp³-hybridized carbons (Fsp3) is 0.917. The highest BCUT2D eigenvalue weighted by Crippen LogP contribution is 2.22. The number of hydrogen-bond acceptors (Lipinski definition) is 3. The predicted molar refractivity (Wildman–Crippen MR) is 62.3 cm³/mol. The van der Waals surface area contributed by atoms with Crippen molar-refractivity contribution in [1.29, 1.82) is 0 Å². The monoisotopic (exact) mass is 229 g/mol. The van der Waals surface area contributed by atoms with Gasteiger partial charge in [-0.2, -0.15) is 0 Å².